The first kappa shape index (κ1) is 38.1. The summed E-state index contributed by atoms with van der Waals surface area (Å²) in [5.74, 6) is 3.84. The molecule has 278 valence electrons. The maximum Gasteiger partial charge on any atom is 0.240 e. The van der Waals surface area contributed by atoms with Crippen molar-refractivity contribution in [1.29, 1.82) is 0 Å². The lowest BCUT2D eigenvalue weighted by Gasteiger charge is -2.35. The molecule has 0 radical (unpaired) electrons. The second-order valence-corrected chi connectivity index (χ2v) is 15.9. The molecular weight excluding hydrogens is 635 g/mol. The summed E-state index contributed by atoms with van der Waals surface area (Å²) in [5, 5.41) is 0. The summed E-state index contributed by atoms with van der Waals surface area (Å²) >= 11 is 0. The molecule has 0 unspecified atom stereocenters. The number of guanidine groups is 1. The van der Waals surface area contributed by atoms with Gasteiger partial charge in [-0.15, -0.1) is 0 Å². The van der Waals surface area contributed by atoms with Crippen LogP contribution in [0.2, 0.25) is 0 Å². The topological polar surface area (TPSA) is 52.7 Å². The summed E-state index contributed by atoms with van der Waals surface area (Å²) in [7, 11) is 0. The van der Waals surface area contributed by atoms with E-state index < -0.39 is 0 Å². The molecule has 0 atom stereocenters. The third-order valence-corrected chi connectivity index (χ3v) is 11.8. The van der Waals surface area contributed by atoms with Crippen molar-refractivity contribution in [3.63, 3.8) is 0 Å². The highest BCUT2D eigenvalue weighted by atomic mass is 15.4. The van der Waals surface area contributed by atoms with Gasteiger partial charge in [-0.05, 0) is 72.7 Å². The van der Waals surface area contributed by atoms with Crippen LogP contribution in [0.1, 0.15) is 186 Å². The van der Waals surface area contributed by atoms with Gasteiger partial charge < -0.3 is 0 Å². The molecule has 0 amide bonds. The third kappa shape index (κ3) is 8.95. The highest BCUT2D eigenvalue weighted by Gasteiger charge is 2.43. The molecular formula is C47H65N5. The van der Waals surface area contributed by atoms with Crippen molar-refractivity contribution in [3.05, 3.63) is 77.1 Å². The van der Waals surface area contributed by atoms with Gasteiger partial charge in [-0.25, -0.2) is 14.9 Å². The molecule has 0 saturated carbocycles. The zero-order valence-corrected chi connectivity index (χ0v) is 33.0. The Morgan fingerprint density at radius 1 is 0.519 bits per heavy atom. The Morgan fingerprint density at radius 2 is 1.06 bits per heavy atom. The van der Waals surface area contributed by atoms with Crippen LogP contribution in [0.15, 0.2) is 80.4 Å². The predicted octanol–water partition coefficient (Wildman–Crippen LogP) is 13.7. The average molecular weight is 700 g/mol. The molecule has 6 rings (SSSR count). The van der Waals surface area contributed by atoms with E-state index in [1.165, 1.54) is 164 Å². The molecule has 0 saturated heterocycles. The lowest BCUT2D eigenvalue weighted by atomic mass is 9.70. The van der Waals surface area contributed by atoms with Crippen molar-refractivity contribution >= 4 is 29.0 Å². The third-order valence-electron chi connectivity index (χ3n) is 11.8. The van der Waals surface area contributed by atoms with Crippen LogP contribution in [0, 0.1) is 0 Å². The van der Waals surface area contributed by atoms with Gasteiger partial charge in [-0.3, -0.25) is 0 Å². The molecule has 0 spiro atoms. The minimum atomic E-state index is 0.0450. The second-order valence-electron chi connectivity index (χ2n) is 15.9. The van der Waals surface area contributed by atoms with Gasteiger partial charge in [0.15, 0.2) is 5.84 Å². The number of amidine groups is 3. The number of aliphatic imine (C=N–C) groups is 4. The van der Waals surface area contributed by atoms with Gasteiger partial charge in [0, 0.05) is 11.0 Å². The molecule has 0 N–H and O–H groups in total. The summed E-state index contributed by atoms with van der Waals surface area (Å²) in [5.41, 5.74) is 8.33. The number of allylic oxidation sites excluding steroid dienone is 2. The van der Waals surface area contributed by atoms with Crippen LogP contribution in [-0.4, -0.2) is 28.4 Å². The molecule has 3 heterocycles. The van der Waals surface area contributed by atoms with Gasteiger partial charge >= 0.3 is 0 Å². The van der Waals surface area contributed by atoms with Crippen LogP contribution in [0.3, 0.4) is 0 Å². The Labute approximate surface area is 315 Å². The van der Waals surface area contributed by atoms with E-state index in [1.807, 2.05) is 18.7 Å². The van der Waals surface area contributed by atoms with Crippen LogP contribution < -0.4 is 0 Å². The van der Waals surface area contributed by atoms with Crippen molar-refractivity contribution in [2.75, 3.05) is 0 Å². The lowest BCUT2D eigenvalue weighted by molar-refractivity contribution is 0.397. The van der Waals surface area contributed by atoms with Gasteiger partial charge in [-0.2, -0.15) is 9.98 Å². The molecule has 2 aromatic carbocycles. The highest BCUT2D eigenvalue weighted by molar-refractivity contribution is 6.34. The molecule has 4 aliphatic rings. The Morgan fingerprint density at radius 3 is 1.67 bits per heavy atom. The number of benzene rings is 2. The van der Waals surface area contributed by atoms with Crippen molar-refractivity contribution in [1.82, 2.24) is 4.90 Å². The van der Waals surface area contributed by atoms with Crippen LogP contribution in [0.25, 0.3) is 16.7 Å². The van der Waals surface area contributed by atoms with E-state index in [4.69, 9.17) is 9.98 Å². The summed E-state index contributed by atoms with van der Waals surface area (Å²) < 4.78 is 0. The fourth-order valence-electron chi connectivity index (χ4n) is 9.05. The van der Waals surface area contributed by atoms with Gasteiger partial charge in [0.1, 0.15) is 17.5 Å². The summed E-state index contributed by atoms with van der Waals surface area (Å²) in [6.07, 6.45) is 34.2. The fraction of sp³-hybridized carbons (Fsp3) is 0.574. The molecule has 0 aromatic heterocycles. The maximum atomic E-state index is 4.98. The van der Waals surface area contributed by atoms with Crippen molar-refractivity contribution in [2.24, 2.45) is 20.0 Å². The van der Waals surface area contributed by atoms with Crippen molar-refractivity contribution < 1.29 is 0 Å². The first-order chi connectivity index (χ1) is 25.6. The minimum Gasteiger partial charge on any atom is -0.245 e. The summed E-state index contributed by atoms with van der Waals surface area (Å²) in [4.78, 5) is 21.1. The zero-order chi connectivity index (χ0) is 36.2. The lowest BCUT2D eigenvalue weighted by Crippen LogP contribution is -2.42. The molecule has 1 aliphatic carbocycles. The maximum absolute atomic E-state index is 4.98. The fourth-order valence-corrected chi connectivity index (χ4v) is 9.05. The molecule has 3 aliphatic heterocycles. The molecule has 2 aromatic rings. The normalized spacial score (nSPS) is 16.7. The van der Waals surface area contributed by atoms with Gasteiger partial charge in [-0.1, -0.05) is 179 Å². The van der Waals surface area contributed by atoms with E-state index in [-0.39, 0.29) is 5.41 Å². The monoisotopic (exact) mass is 700 g/mol. The van der Waals surface area contributed by atoms with Crippen LogP contribution in [0.4, 0.5) is 0 Å². The van der Waals surface area contributed by atoms with Crippen LogP contribution in [-0.2, 0) is 5.41 Å². The van der Waals surface area contributed by atoms with Crippen LogP contribution >= 0.6 is 0 Å². The Hall–Kier alpha value is -3.60. The van der Waals surface area contributed by atoms with Crippen molar-refractivity contribution in [2.45, 2.75) is 174 Å². The first-order valence-electron chi connectivity index (χ1n) is 21.3. The zero-order valence-electron chi connectivity index (χ0n) is 33.0. The molecule has 0 fully saturated rings. The Kier molecular flexibility index (Phi) is 13.9. The number of hydrogen-bond acceptors (Lipinski definition) is 5. The molecule has 52 heavy (non-hydrogen) atoms. The predicted molar refractivity (Wildman–Crippen MR) is 225 cm³/mol. The van der Waals surface area contributed by atoms with E-state index in [2.05, 4.69) is 78.4 Å². The van der Waals surface area contributed by atoms with E-state index >= 15 is 0 Å². The van der Waals surface area contributed by atoms with Gasteiger partial charge in [0.25, 0.3) is 0 Å². The number of fused-ring (bicyclic) bond motifs is 3. The van der Waals surface area contributed by atoms with Gasteiger partial charge in [0.2, 0.25) is 5.96 Å². The van der Waals surface area contributed by atoms with E-state index in [9.17, 15) is 0 Å². The second kappa shape index (κ2) is 18.9. The summed E-state index contributed by atoms with van der Waals surface area (Å²) in [6.45, 7) is 8.51. The average Bonchev–Trinajstić information content (AvgIpc) is 3.41. The highest BCUT2D eigenvalue weighted by Crippen LogP contribution is 2.55. The Balaban J connectivity index is 1.23. The van der Waals surface area contributed by atoms with Crippen LogP contribution in [0.5, 0.6) is 0 Å². The number of nitrogens with zero attached hydrogens (tertiary/aromatic N) is 5. The Bertz CT molecular complexity index is 1680. The smallest absolute Gasteiger partial charge is 0.240 e. The van der Waals surface area contributed by atoms with E-state index in [0.29, 0.717) is 5.96 Å². The van der Waals surface area contributed by atoms with E-state index in [1.54, 1.807) is 5.56 Å². The number of unbranched alkanes of at least 4 members (excludes halogenated alkanes) is 18. The first-order valence-corrected chi connectivity index (χ1v) is 21.3. The minimum absolute atomic E-state index is 0.0450. The SMILES string of the molecule is CCCCCCCCCCCCC1(CCCCCCCCCCCC)c2ccccc2-c2ccc(C3=CC=C4N=C(C)N=C5N=C(C)N=C3N45)cc21. The van der Waals surface area contributed by atoms with Crippen molar-refractivity contribution in [3.8, 4) is 11.1 Å². The van der Waals surface area contributed by atoms with E-state index in [0.717, 1.165) is 28.9 Å². The standard InChI is InChI=1S/C47H65N5/c1-5-7-9-11-13-15-17-19-21-25-33-47(34-26-22-20-18-16-14-12-10-8-6-2)42-28-24-23-27-40(42)41-30-29-38(35-43(41)47)39-31-32-44-48-36(3)50-46-51-37(4)49-45(39)52(44)46/h23-24,27-32,35H,5-22,25-26,33-34H2,1-4H3. The number of hydrogen-bond donors (Lipinski definition) is 0. The molecule has 0 bridgehead atoms. The quantitative estimate of drug-likeness (QED) is 0.107. The summed E-state index contributed by atoms with van der Waals surface area (Å²) in [6, 6.07) is 16.6. The largest absolute Gasteiger partial charge is 0.245 e. The number of rotatable bonds is 23. The van der Waals surface area contributed by atoms with Gasteiger partial charge in [0.05, 0.1) is 0 Å². The molecule has 5 nitrogen and oxygen atoms in total. The molecule has 5 heteroatoms.